The molecule has 8 heteroatoms. The van der Waals surface area contributed by atoms with Crippen LogP contribution in [0.2, 0.25) is 0 Å². The largest absolute Gasteiger partial charge is 0.383 e. The van der Waals surface area contributed by atoms with Gasteiger partial charge in [-0.05, 0) is 64.4 Å². The number of methoxy groups -OCH3 is 1. The highest BCUT2D eigenvalue weighted by Gasteiger charge is 2.36. The second kappa shape index (κ2) is 10.8. The van der Waals surface area contributed by atoms with Crippen molar-refractivity contribution in [2.24, 2.45) is 0 Å². The molecule has 1 aliphatic rings. The summed E-state index contributed by atoms with van der Waals surface area (Å²) >= 11 is 1.71. The number of carbonyl (C=O) groups excluding carboxylic acids is 1. The molecule has 0 aliphatic carbocycles. The molecule has 1 unspecified atom stereocenters. The molecule has 2 heterocycles. The molecule has 1 atom stereocenters. The van der Waals surface area contributed by atoms with Crippen LogP contribution < -0.4 is 0 Å². The summed E-state index contributed by atoms with van der Waals surface area (Å²) in [4.78, 5) is 17.2. The minimum Gasteiger partial charge on any atom is -0.383 e. The van der Waals surface area contributed by atoms with E-state index in [-0.39, 0.29) is 36.5 Å². The number of thiophene rings is 1. The second-order valence-corrected chi connectivity index (χ2v) is 12.2. The number of sulfonamides is 1. The van der Waals surface area contributed by atoms with Crippen LogP contribution in [0, 0.1) is 6.92 Å². The van der Waals surface area contributed by atoms with Gasteiger partial charge in [0, 0.05) is 25.1 Å². The summed E-state index contributed by atoms with van der Waals surface area (Å²) in [6, 6.07) is 22.6. The summed E-state index contributed by atoms with van der Waals surface area (Å²) in [5.74, 6) is -0.217. The van der Waals surface area contributed by atoms with Gasteiger partial charge in [0.25, 0.3) is 0 Å². The molecule has 0 N–H and O–H groups in total. The van der Waals surface area contributed by atoms with Crippen LogP contribution >= 0.6 is 11.3 Å². The lowest BCUT2D eigenvalue weighted by Gasteiger charge is -2.38. The summed E-state index contributed by atoms with van der Waals surface area (Å²) < 4.78 is 34.0. The number of ether oxygens (including phenoxy) is 1. The fourth-order valence-electron chi connectivity index (χ4n) is 5.01. The summed E-state index contributed by atoms with van der Waals surface area (Å²) in [7, 11) is -2.40. The van der Waals surface area contributed by atoms with Crippen molar-refractivity contribution in [3.8, 4) is 0 Å². The summed E-state index contributed by atoms with van der Waals surface area (Å²) in [5.41, 5.74) is 3.29. The van der Waals surface area contributed by atoms with E-state index in [0.717, 1.165) is 33.9 Å². The van der Waals surface area contributed by atoms with E-state index in [1.165, 1.54) is 16.3 Å². The van der Waals surface area contributed by atoms with E-state index in [1.807, 2.05) is 54.3 Å². The number of fused-ring (bicyclic) bond motifs is 2. The molecule has 0 bridgehead atoms. The normalized spacial score (nSPS) is 15.8. The van der Waals surface area contributed by atoms with E-state index in [1.54, 1.807) is 29.5 Å². The van der Waals surface area contributed by atoms with Crippen molar-refractivity contribution >= 4 is 38.0 Å². The molecule has 5 rings (SSSR count). The lowest BCUT2D eigenvalue weighted by Crippen LogP contribution is -2.47. The number of nitrogens with zero attached hydrogens (tertiary/aromatic N) is 2. The number of amides is 1. The van der Waals surface area contributed by atoms with Gasteiger partial charge in [0.1, 0.15) is 0 Å². The molecule has 0 saturated carbocycles. The Hall–Kier alpha value is -3.04. The van der Waals surface area contributed by atoms with Crippen molar-refractivity contribution < 1.29 is 17.9 Å². The standard InChI is InChI=1S/C29H30N2O4S2/c1-21-7-3-6-10-25(21)29-26-14-18-36-27(26)13-15-31(29)28(32)20-30(16-17-35-2)37(33,34)24-12-11-22-8-4-5-9-23(22)19-24/h3-12,14,18-19,29H,13,15-17,20H2,1-2H3. The number of hydrogen-bond donors (Lipinski definition) is 0. The molecule has 37 heavy (non-hydrogen) atoms. The molecule has 3 aromatic carbocycles. The van der Waals surface area contributed by atoms with Crippen LogP contribution in [0.5, 0.6) is 0 Å². The van der Waals surface area contributed by atoms with Gasteiger partial charge >= 0.3 is 0 Å². The predicted octanol–water partition coefficient (Wildman–Crippen LogP) is 5.02. The average Bonchev–Trinajstić information content (AvgIpc) is 3.39. The van der Waals surface area contributed by atoms with E-state index < -0.39 is 10.0 Å². The van der Waals surface area contributed by atoms with Crippen LogP contribution in [-0.2, 0) is 26.0 Å². The topological polar surface area (TPSA) is 66.9 Å². The third-order valence-electron chi connectivity index (χ3n) is 6.98. The van der Waals surface area contributed by atoms with E-state index in [2.05, 4.69) is 17.5 Å². The molecule has 1 amide bonds. The predicted molar refractivity (Wildman–Crippen MR) is 147 cm³/mol. The number of rotatable bonds is 8. The number of benzene rings is 3. The monoisotopic (exact) mass is 534 g/mol. The molecule has 1 aliphatic heterocycles. The highest BCUT2D eigenvalue weighted by molar-refractivity contribution is 7.89. The molecule has 0 radical (unpaired) electrons. The highest BCUT2D eigenvalue weighted by atomic mass is 32.2. The van der Waals surface area contributed by atoms with Gasteiger partial charge in [0.15, 0.2) is 0 Å². The van der Waals surface area contributed by atoms with Crippen molar-refractivity contribution in [3.05, 3.63) is 99.7 Å². The van der Waals surface area contributed by atoms with Crippen molar-refractivity contribution in [2.75, 3.05) is 33.4 Å². The fourth-order valence-corrected chi connectivity index (χ4v) is 7.32. The SMILES string of the molecule is COCCN(CC(=O)N1CCc2sccc2C1c1ccccc1C)S(=O)(=O)c1ccc2ccccc2c1. The lowest BCUT2D eigenvalue weighted by molar-refractivity contribution is -0.133. The van der Waals surface area contributed by atoms with E-state index in [9.17, 15) is 13.2 Å². The summed E-state index contributed by atoms with van der Waals surface area (Å²) in [5, 5.41) is 3.86. The van der Waals surface area contributed by atoms with Crippen molar-refractivity contribution in [1.29, 1.82) is 0 Å². The van der Waals surface area contributed by atoms with Gasteiger partial charge in [-0.3, -0.25) is 4.79 Å². The third kappa shape index (κ3) is 5.07. The van der Waals surface area contributed by atoms with E-state index in [4.69, 9.17) is 4.74 Å². The number of aryl methyl sites for hydroxylation is 1. The molecule has 0 spiro atoms. The van der Waals surface area contributed by atoms with Crippen molar-refractivity contribution in [1.82, 2.24) is 9.21 Å². The molecule has 0 fully saturated rings. The van der Waals surface area contributed by atoms with Crippen molar-refractivity contribution in [3.63, 3.8) is 0 Å². The Bertz CT molecular complexity index is 1530. The van der Waals surface area contributed by atoms with Gasteiger partial charge in [-0.1, -0.05) is 54.6 Å². The van der Waals surface area contributed by atoms with Crippen LogP contribution in [-0.4, -0.2) is 56.9 Å². The molecule has 4 aromatic rings. The Morgan fingerprint density at radius 2 is 1.78 bits per heavy atom. The van der Waals surface area contributed by atoms with Crippen molar-refractivity contribution in [2.45, 2.75) is 24.3 Å². The first-order valence-electron chi connectivity index (χ1n) is 12.3. The quantitative estimate of drug-likeness (QED) is 0.318. The third-order valence-corrected chi connectivity index (χ3v) is 9.82. The number of carbonyl (C=O) groups is 1. The maximum atomic E-state index is 13.9. The van der Waals surface area contributed by atoms with Gasteiger partial charge in [-0.25, -0.2) is 8.42 Å². The van der Waals surface area contributed by atoms with Crippen LogP contribution in [0.1, 0.15) is 27.6 Å². The Morgan fingerprint density at radius 3 is 2.57 bits per heavy atom. The minimum absolute atomic E-state index is 0.0873. The molecular weight excluding hydrogens is 504 g/mol. The molecule has 1 aromatic heterocycles. The first kappa shape index (κ1) is 25.6. The fraction of sp³-hybridized carbons (Fsp3) is 0.276. The first-order valence-corrected chi connectivity index (χ1v) is 14.6. The molecule has 192 valence electrons. The minimum atomic E-state index is -3.93. The van der Waals surface area contributed by atoms with Crippen LogP contribution in [0.25, 0.3) is 10.8 Å². The average molecular weight is 535 g/mol. The van der Waals surface area contributed by atoms with Gasteiger partial charge in [0.05, 0.1) is 24.1 Å². The Morgan fingerprint density at radius 1 is 1.03 bits per heavy atom. The Balaban J connectivity index is 1.48. The Kier molecular flexibility index (Phi) is 7.44. The zero-order chi connectivity index (χ0) is 26.0. The van der Waals surface area contributed by atoms with Crippen LogP contribution in [0.4, 0.5) is 0 Å². The van der Waals surface area contributed by atoms with Gasteiger partial charge in [-0.15, -0.1) is 11.3 Å². The van der Waals surface area contributed by atoms with Gasteiger partial charge < -0.3 is 9.64 Å². The van der Waals surface area contributed by atoms with E-state index >= 15 is 0 Å². The maximum Gasteiger partial charge on any atom is 0.243 e. The first-order chi connectivity index (χ1) is 17.9. The second-order valence-electron chi connectivity index (χ2n) is 9.24. The molecular formula is C29H30N2O4S2. The highest BCUT2D eigenvalue weighted by Crippen LogP contribution is 2.39. The molecule has 0 saturated heterocycles. The lowest BCUT2D eigenvalue weighted by atomic mass is 9.90. The maximum absolute atomic E-state index is 13.9. The van der Waals surface area contributed by atoms with E-state index in [0.29, 0.717) is 6.54 Å². The zero-order valence-corrected chi connectivity index (χ0v) is 22.6. The summed E-state index contributed by atoms with van der Waals surface area (Å²) in [6.45, 7) is 2.62. The Labute approximate surface area is 222 Å². The zero-order valence-electron chi connectivity index (χ0n) is 21.0. The summed E-state index contributed by atoms with van der Waals surface area (Å²) in [6.07, 6.45) is 0.761. The number of hydrogen-bond acceptors (Lipinski definition) is 5. The van der Waals surface area contributed by atoms with Gasteiger partial charge in [-0.2, -0.15) is 4.31 Å². The smallest absolute Gasteiger partial charge is 0.243 e. The van der Waals surface area contributed by atoms with Crippen LogP contribution in [0.3, 0.4) is 0 Å². The van der Waals surface area contributed by atoms with Gasteiger partial charge in [0.2, 0.25) is 15.9 Å². The van der Waals surface area contributed by atoms with Crippen LogP contribution in [0.15, 0.2) is 83.1 Å². The molecule has 6 nitrogen and oxygen atoms in total.